The molecule has 142 valence electrons. The quantitative estimate of drug-likeness (QED) is 0.533. The van der Waals surface area contributed by atoms with Crippen molar-refractivity contribution in [2.24, 2.45) is 5.10 Å². The third-order valence-corrected chi connectivity index (χ3v) is 5.41. The van der Waals surface area contributed by atoms with E-state index in [4.69, 9.17) is 9.47 Å². The maximum Gasteiger partial charge on any atom is 0.260 e. The first kappa shape index (κ1) is 19.2. The van der Waals surface area contributed by atoms with Crippen LogP contribution in [-0.2, 0) is 14.8 Å². The van der Waals surface area contributed by atoms with E-state index in [1.165, 1.54) is 6.21 Å². The molecule has 1 amide bonds. The Labute approximate surface area is 164 Å². The number of para-hydroxylation sites is 1. The molecule has 3 rings (SSSR count). The van der Waals surface area contributed by atoms with Crippen molar-refractivity contribution < 1.29 is 22.7 Å². The van der Waals surface area contributed by atoms with Crippen molar-refractivity contribution in [2.45, 2.75) is 0 Å². The van der Waals surface area contributed by atoms with Crippen molar-refractivity contribution in [1.29, 1.82) is 0 Å². The lowest BCUT2D eigenvalue weighted by molar-refractivity contribution is -0.119. The van der Waals surface area contributed by atoms with E-state index in [0.717, 1.165) is 10.6 Å². The predicted molar refractivity (Wildman–Crippen MR) is 105 cm³/mol. The van der Waals surface area contributed by atoms with E-state index in [1.54, 1.807) is 42.5 Å². The average molecular weight is 454 g/mol. The summed E-state index contributed by atoms with van der Waals surface area (Å²) in [5, 5.41) is 3.86. The Hall–Kier alpha value is -2.59. The number of hydrogen-bond donors (Lipinski definition) is 1. The zero-order valence-electron chi connectivity index (χ0n) is 14.3. The maximum absolute atomic E-state index is 12.2. The molecule has 0 radical (unpaired) electrons. The Morgan fingerprint density at radius 3 is 2.74 bits per heavy atom. The summed E-state index contributed by atoms with van der Waals surface area (Å²) in [6, 6.07) is 12.0. The highest BCUT2D eigenvalue weighted by Crippen LogP contribution is 2.32. The maximum atomic E-state index is 12.2. The number of nitrogens with zero attached hydrogens (tertiary/aromatic N) is 2. The van der Waals surface area contributed by atoms with Crippen LogP contribution in [0.3, 0.4) is 0 Å². The van der Waals surface area contributed by atoms with Gasteiger partial charge in [-0.3, -0.25) is 9.10 Å². The van der Waals surface area contributed by atoms with Crippen molar-refractivity contribution in [3.8, 4) is 11.5 Å². The minimum Gasteiger partial charge on any atom is -0.454 e. The topological polar surface area (TPSA) is 97.3 Å². The Kier molecular flexibility index (Phi) is 5.66. The van der Waals surface area contributed by atoms with Crippen LogP contribution in [0.2, 0.25) is 0 Å². The molecule has 0 fully saturated rings. The van der Waals surface area contributed by atoms with Gasteiger partial charge in [-0.2, -0.15) is 5.10 Å². The number of amides is 1. The zero-order chi connectivity index (χ0) is 19.4. The summed E-state index contributed by atoms with van der Waals surface area (Å²) in [6.45, 7) is -0.233. The summed E-state index contributed by atoms with van der Waals surface area (Å²) in [7, 11) is -3.66. The predicted octanol–water partition coefficient (Wildman–Crippen LogP) is 2.09. The number of anilines is 1. The molecule has 0 atom stereocenters. The van der Waals surface area contributed by atoms with E-state index >= 15 is 0 Å². The van der Waals surface area contributed by atoms with Gasteiger partial charge in [-0.25, -0.2) is 13.8 Å². The summed E-state index contributed by atoms with van der Waals surface area (Å²) in [4.78, 5) is 12.2. The second-order valence-corrected chi connectivity index (χ2v) is 8.39. The van der Waals surface area contributed by atoms with Crippen LogP contribution >= 0.6 is 15.9 Å². The van der Waals surface area contributed by atoms with Crippen molar-refractivity contribution in [3.05, 3.63) is 52.5 Å². The highest BCUT2D eigenvalue weighted by Gasteiger charge is 2.22. The molecule has 1 N–H and O–H groups in total. The molecule has 1 aliphatic heterocycles. The van der Waals surface area contributed by atoms with Gasteiger partial charge in [0, 0.05) is 4.47 Å². The second-order valence-electron chi connectivity index (χ2n) is 5.63. The Bertz CT molecular complexity index is 994. The monoisotopic (exact) mass is 453 g/mol. The minimum atomic E-state index is -3.66. The van der Waals surface area contributed by atoms with Crippen molar-refractivity contribution in [3.63, 3.8) is 0 Å². The Morgan fingerprint density at radius 1 is 1.26 bits per heavy atom. The zero-order valence-corrected chi connectivity index (χ0v) is 16.7. The number of benzene rings is 2. The van der Waals surface area contributed by atoms with E-state index < -0.39 is 22.5 Å². The van der Waals surface area contributed by atoms with Crippen molar-refractivity contribution in [2.75, 3.05) is 23.9 Å². The number of hydrogen-bond acceptors (Lipinski definition) is 6. The first-order chi connectivity index (χ1) is 12.8. The average Bonchev–Trinajstić information content (AvgIpc) is 3.07. The fourth-order valence-corrected chi connectivity index (χ4v) is 3.86. The van der Waals surface area contributed by atoms with Crippen LogP contribution in [0.4, 0.5) is 5.69 Å². The SMILES string of the molecule is CS(=O)(=O)N(CC(=O)N/N=C\c1ccc2c(c1)OCO2)c1ccccc1Br. The molecule has 1 aliphatic rings. The highest BCUT2D eigenvalue weighted by atomic mass is 79.9. The third-order valence-electron chi connectivity index (χ3n) is 3.61. The van der Waals surface area contributed by atoms with Gasteiger partial charge in [-0.1, -0.05) is 12.1 Å². The van der Waals surface area contributed by atoms with Crippen molar-refractivity contribution in [1.82, 2.24) is 5.43 Å². The first-order valence-electron chi connectivity index (χ1n) is 7.78. The van der Waals surface area contributed by atoms with E-state index in [-0.39, 0.29) is 6.79 Å². The number of carbonyl (C=O) groups excluding carboxylic acids is 1. The number of hydrazone groups is 1. The molecule has 0 aliphatic carbocycles. The lowest BCUT2D eigenvalue weighted by atomic mass is 10.2. The largest absolute Gasteiger partial charge is 0.454 e. The molecule has 1 heterocycles. The smallest absolute Gasteiger partial charge is 0.260 e. The molecule has 0 bridgehead atoms. The molecule has 10 heteroatoms. The van der Waals surface area contributed by atoms with Gasteiger partial charge in [0.15, 0.2) is 11.5 Å². The summed E-state index contributed by atoms with van der Waals surface area (Å²) < 4.78 is 36.2. The summed E-state index contributed by atoms with van der Waals surface area (Å²) >= 11 is 3.30. The van der Waals surface area contributed by atoms with Crippen molar-refractivity contribution >= 4 is 43.8 Å². The number of nitrogens with one attached hydrogen (secondary N) is 1. The van der Waals surface area contributed by atoms with Gasteiger partial charge >= 0.3 is 0 Å². The number of sulfonamides is 1. The molecule has 0 saturated carbocycles. The van der Waals surface area contributed by atoms with Crippen LogP contribution in [0.25, 0.3) is 0 Å². The minimum absolute atomic E-state index is 0.170. The van der Waals surface area contributed by atoms with Gasteiger partial charge < -0.3 is 9.47 Å². The molecule has 0 aromatic heterocycles. The molecule has 0 unspecified atom stereocenters. The van der Waals surface area contributed by atoms with Crippen LogP contribution < -0.4 is 19.2 Å². The summed E-state index contributed by atoms with van der Waals surface area (Å²) in [5.74, 6) is 0.670. The fourth-order valence-electron chi connectivity index (χ4n) is 2.37. The number of carbonyl (C=O) groups is 1. The molecular formula is C17H16BrN3O5S. The van der Waals surface area contributed by atoms with Gasteiger partial charge in [0.2, 0.25) is 16.8 Å². The molecule has 27 heavy (non-hydrogen) atoms. The molecule has 0 saturated heterocycles. The van der Waals surface area contributed by atoms with Crippen LogP contribution in [0.5, 0.6) is 11.5 Å². The van der Waals surface area contributed by atoms with E-state index in [9.17, 15) is 13.2 Å². The van der Waals surface area contributed by atoms with E-state index in [2.05, 4.69) is 26.5 Å². The first-order valence-corrected chi connectivity index (χ1v) is 10.4. The van der Waals surface area contributed by atoms with E-state index in [0.29, 0.717) is 27.2 Å². The lowest BCUT2D eigenvalue weighted by Gasteiger charge is -2.22. The number of ether oxygens (including phenoxy) is 2. The molecule has 2 aromatic rings. The third kappa shape index (κ3) is 4.77. The number of fused-ring (bicyclic) bond motifs is 1. The second kappa shape index (κ2) is 7.97. The molecule has 0 spiro atoms. The van der Waals surface area contributed by atoms with Gasteiger partial charge in [0.25, 0.3) is 5.91 Å². The number of rotatable bonds is 6. The normalized spacial score (nSPS) is 13.0. The van der Waals surface area contributed by atoms with Crippen LogP contribution in [0.15, 0.2) is 52.0 Å². The van der Waals surface area contributed by atoms with Crippen LogP contribution in [-0.4, -0.2) is 40.1 Å². The highest BCUT2D eigenvalue weighted by molar-refractivity contribution is 9.10. The van der Waals surface area contributed by atoms with Gasteiger partial charge in [-0.15, -0.1) is 0 Å². The Morgan fingerprint density at radius 2 is 2.00 bits per heavy atom. The summed E-state index contributed by atoms with van der Waals surface area (Å²) in [6.07, 6.45) is 2.47. The van der Waals surface area contributed by atoms with E-state index in [1.807, 2.05) is 0 Å². The Balaban J connectivity index is 1.67. The van der Waals surface area contributed by atoms with Gasteiger partial charge in [0.1, 0.15) is 6.54 Å². The fraction of sp³-hybridized carbons (Fsp3) is 0.176. The standard InChI is InChI=1S/C17H16BrN3O5S/c1-27(23,24)21(14-5-3-2-4-13(14)18)10-17(22)20-19-9-12-6-7-15-16(8-12)26-11-25-15/h2-9H,10-11H2,1H3,(H,20,22)/b19-9-. The lowest BCUT2D eigenvalue weighted by Crippen LogP contribution is -2.39. The number of halogens is 1. The van der Waals surface area contributed by atoms with Gasteiger partial charge in [-0.05, 0) is 51.8 Å². The van der Waals surface area contributed by atoms with Crippen LogP contribution in [0, 0.1) is 0 Å². The summed E-state index contributed by atoms with van der Waals surface area (Å²) in [5.41, 5.74) is 3.40. The molecule has 2 aromatic carbocycles. The van der Waals surface area contributed by atoms with Crippen LogP contribution in [0.1, 0.15) is 5.56 Å². The molecular weight excluding hydrogens is 438 g/mol. The van der Waals surface area contributed by atoms with Gasteiger partial charge in [0.05, 0.1) is 18.2 Å². The molecule has 8 nitrogen and oxygen atoms in total.